The molecule has 3 aromatic carbocycles. The Bertz CT molecular complexity index is 1270. The molecule has 184 valence electrons. The second-order valence-corrected chi connectivity index (χ2v) is 9.85. The van der Waals surface area contributed by atoms with Gasteiger partial charge in [-0.15, -0.1) is 0 Å². The van der Waals surface area contributed by atoms with Crippen LogP contribution in [0.3, 0.4) is 0 Å². The lowest BCUT2D eigenvalue weighted by Crippen LogP contribution is -2.47. The smallest absolute Gasteiger partial charge is 0.253 e. The summed E-state index contributed by atoms with van der Waals surface area (Å²) in [5, 5.41) is 5.55. The highest BCUT2D eigenvalue weighted by molar-refractivity contribution is 7.92. The number of hydrogen-bond donors (Lipinski definition) is 2. The first kappa shape index (κ1) is 25.9. The van der Waals surface area contributed by atoms with Crippen LogP contribution in [-0.2, 0) is 21.2 Å². The van der Waals surface area contributed by atoms with Gasteiger partial charge in [0.2, 0.25) is 15.9 Å². The van der Waals surface area contributed by atoms with Gasteiger partial charge in [-0.05, 0) is 54.8 Å². The highest BCUT2D eigenvalue weighted by Crippen LogP contribution is 2.24. The van der Waals surface area contributed by atoms with E-state index in [1.807, 2.05) is 30.3 Å². The molecule has 0 aliphatic carbocycles. The van der Waals surface area contributed by atoms with Crippen molar-refractivity contribution in [3.05, 3.63) is 95.8 Å². The summed E-state index contributed by atoms with van der Waals surface area (Å²) >= 11 is 0. The molecular weight excluding hydrogens is 469 g/mol. The van der Waals surface area contributed by atoms with Crippen molar-refractivity contribution in [2.75, 3.05) is 22.4 Å². The van der Waals surface area contributed by atoms with Crippen LogP contribution in [0.15, 0.2) is 78.9 Å². The van der Waals surface area contributed by atoms with Crippen molar-refractivity contribution in [2.24, 2.45) is 0 Å². The van der Waals surface area contributed by atoms with Gasteiger partial charge in [-0.3, -0.25) is 13.9 Å². The van der Waals surface area contributed by atoms with Crippen LogP contribution in [0, 0.1) is 5.82 Å². The van der Waals surface area contributed by atoms with Gasteiger partial charge in [-0.1, -0.05) is 49.4 Å². The van der Waals surface area contributed by atoms with Gasteiger partial charge in [-0.2, -0.15) is 0 Å². The van der Waals surface area contributed by atoms with Crippen LogP contribution in [0.5, 0.6) is 0 Å². The molecule has 2 N–H and O–H groups in total. The largest absolute Gasteiger partial charge is 0.352 e. The van der Waals surface area contributed by atoms with Crippen LogP contribution in [0.4, 0.5) is 15.8 Å². The molecule has 0 aromatic heterocycles. The second-order valence-electron chi connectivity index (χ2n) is 7.99. The van der Waals surface area contributed by atoms with Crippen LogP contribution in [-0.4, -0.2) is 39.1 Å². The normalized spacial score (nSPS) is 12.0. The van der Waals surface area contributed by atoms with Crippen molar-refractivity contribution < 1.29 is 22.4 Å². The minimum Gasteiger partial charge on any atom is -0.352 e. The van der Waals surface area contributed by atoms with Crippen LogP contribution in [0.2, 0.25) is 0 Å². The van der Waals surface area contributed by atoms with Crippen LogP contribution in [0.1, 0.15) is 29.3 Å². The first-order valence-electron chi connectivity index (χ1n) is 11.2. The molecule has 0 saturated carbocycles. The van der Waals surface area contributed by atoms with E-state index in [1.165, 1.54) is 12.1 Å². The summed E-state index contributed by atoms with van der Waals surface area (Å²) in [7, 11) is -3.87. The number of sulfonamides is 1. The number of nitrogens with one attached hydrogen (secondary N) is 2. The monoisotopic (exact) mass is 497 g/mol. The molecule has 0 aliphatic rings. The Balaban J connectivity index is 1.77. The lowest BCUT2D eigenvalue weighted by atomic mass is 10.1. The molecule has 0 heterocycles. The van der Waals surface area contributed by atoms with Crippen molar-refractivity contribution in [1.29, 1.82) is 0 Å². The number of benzene rings is 3. The summed E-state index contributed by atoms with van der Waals surface area (Å²) in [6.45, 7) is 2.09. The zero-order valence-electron chi connectivity index (χ0n) is 19.6. The van der Waals surface area contributed by atoms with Gasteiger partial charge in [0.25, 0.3) is 5.91 Å². The number of halogens is 1. The van der Waals surface area contributed by atoms with Gasteiger partial charge in [0.1, 0.15) is 11.9 Å². The predicted octanol–water partition coefficient (Wildman–Crippen LogP) is 3.98. The number of para-hydroxylation sites is 1. The zero-order valence-corrected chi connectivity index (χ0v) is 20.4. The van der Waals surface area contributed by atoms with Gasteiger partial charge < -0.3 is 10.6 Å². The summed E-state index contributed by atoms with van der Waals surface area (Å²) in [5.74, 6) is -1.48. The fourth-order valence-electron chi connectivity index (χ4n) is 3.71. The van der Waals surface area contributed by atoms with Gasteiger partial charge in [0.15, 0.2) is 0 Å². The summed E-state index contributed by atoms with van der Waals surface area (Å²) in [4.78, 5) is 26.0. The third-order valence-electron chi connectivity index (χ3n) is 5.38. The van der Waals surface area contributed by atoms with E-state index < -0.39 is 27.8 Å². The Kier molecular flexibility index (Phi) is 8.59. The molecule has 9 heteroatoms. The van der Waals surface area contributed by atoms with Crippen LogP contribution >= 0.6 is 0 Å². The third kappa shape index (κ3) is 6.89. The molecule has 0 aliphatic heterocycles. The molecule has 0 spiro atoms. The van der Waals surface area contributed by atoms with Crippen LogP contribution in [0.25, 0.3) is 0 Å². The number of rotatable bonds is 10. The standard InChI is InChI=1S/C26H28FN3O4S/c1-3-24(30(35(2,33)34)21-15-13-20(27)14-16-21)26(32)29-23-12-8-7-11-22(23)25(31)28-18-17-19-9-5-4-6-10-19/h4-16,24H,3,17-18H2,1-2H3,(H,28,31)(H,29,32)/t24-/m0/s1. The first-order chi connectivity index (χ1) is 16.7. The fraction of sp³-hybridized carbons (Fsp3) is 0.231. The van der Waals surface area contributed by atoms with Crippen molar-refractivity contribution in [3.63, 3.8) is 0 Å². The first-order valence-corrected chi connectivity index (χ1v) is 13.0. The summed E-state index contributed by atoms with van der Waals surface area (Å²) in [6.07, 6.45) is 1.79. The molecule has 0 radical (unpaired) electrons. The van der Waals surface area contributed by atoms with Gasteiger partial charge in [-0.25, -0.2) is 12.8 Å². The quantitative estimate of drug-likeness (QED) is 0.443. The van der Waals surface area contributed by atoms with E-state index in [2.05, 4.69) is 10.6 Å². The van der Waals surface area contributed by atoms with E-state index >= 15 is 0 Å². The maximum atomic E-state index is 13.4. The maximum Gasteiger partial charge on any atom is 0.253 e. The predicted molar refractivity (Wildman–Crippen MR) is 135 cm³/mol. The molecule has 0 unspecified atom stereocenters. The van der Waals surface area contributed by atoms with Crippen LogP contribution < -0.4 is 14.9 Å². The van der Waals surface area contributed by atoms with E-state index in [0.717, 1.165) is 28.3 Å². The maximum absolute atomic E-state index is 13.4. The van der Waals surface area contributed by atoms with Crippen molar-refractivity contribution in [2.45, 2.75) is 25.8 Å². The molecule has 0 fully saturated rings. The third-order valence-corrected chi connectivity index (χ3v) is 6.56. The number of carbonyl (C=O) groups excluding carboxylic acids is 2. The number of amides is 2. The number of nitrogens with zero attached hydrogens (tertiary/aromatic N) is 1. The molecule has 0 bridgehead atoms. The Morgan fingerprint density at radius 2 is 1.57 bits per heavy atom. The summed E-state index contributed by atoms with van der Waals surface area (Å²) < 4.78 is 39.5. The van der Waals surface area contributed by atoms with Gasteiger partial charge in [0, 0.05) is 6.54 Å². The van der Waals surface area contributed by atoms with E-state index in [0.29, 0.717) is 13.0 Å². The minimum absolute atomic E-state index is 0.154. The van der Waals surface area contributed by atoms with E-state index in [-0.39, 0.29) is 29.3 Å². The van der Waals surface area contributed by atoms with E-state index in [4.69, 9.17) is 0 Å². The van der Waals surface area contributed by atoms with E-state index in [9.17, 15) is 22.4 Å². The highest BCUT2D eigenvalue weighted by atomic mass is 32.2. The molecule has 0 saturated heterocycles. The summed E-state index contributed by atoms with van der Waals surface area (Å²) in [6, 6.07) is 20.0. The Hall–Kier alpha value is -3.72. The summed E-state index contributed by atoms with van der Waals surface area (Å²) in [5.41, 5.74) is 1.78. The molecule has 3 aromatic rings. The molecular formula is C26H28FN3O4S. The Morgan fingerprint density at radius 3 is 2.20 bits per heavy atom. The zero-order chi connectivity index (χ0) is 25.4. The Morgan fingerprint density at radius 1 is 0.943 bits per heavy atom. The minimum atomic E-state index is -3.87. The lowest BCUT2D eigenvalue weighted by Gasteiger charge is -2.30. The molecule has 2 amide bonds. The van der Waals surface area contributed by atoms with Crippen molar-refractivity contribution in [1.82, 2.24) is 5.32 Å². The number of hydrogen-bond acceptors (Lipinski definition) is 4. The van der Waals surface area contributed by atoms with Gasteiger partial charge in [0.05, 0.1) is 23.2 Å². The molecule has 7 nitrogen and oxygen atoms in total. The Labute approximate surface area is 205 Å². The second kappa shape index (κ2) is 11.6. The lowest BCUT2D eigenvalue weighted by molar-refractivity contribution is -0.117. The fourth-order valence-corrected chi connectivity index (χ4v) is 4.93. The van der Waals surface area contributed by atoms with Gasteiger partial charge >= 0.3 is 0 Å². The molecule has 3 rings (SSSR count). The van der Waals surface area contributed by atoms with Crippen molar-refractivity contribution >= 4 is 33.2 Å². The topological polar surface area (TPSA) is 95.6 Å². The number of anilines is 2. The molecule has 1 atom stereocenters. The number of carbonyl (C=O) groups is 2. The van der Waals surface area contributed by atoms with Crippen molar-refractivity contribution in [3.8, 4) is 0 Å². The molecule has 35 heavy (non-hydrogen) atoms. The van der Waals surface area contributed by atoms with E-state index in [1.54, 1.807) is 31.2 Å². The SMILES string of the molecule is CC[C@@H](C(=O)Nc1ccccc1C(=O)NCCc1ccccc1)N(c1ccc(F)cc1)S(C)(=O)=O. The average molecular weight is 498 g/mol. The average Bonchev–Trinajstić information content (AvgIpc) is 2.83. The highest BCUT2D eigenvalue weighted by Gasteiger charge is 2.32.